The van der Waals surface area contributed by atoms with Crippen molar-refractivity contribution in [3.63, 3.8) is 0 Å². The molecule has 0 aliphatic heterocycles. The molecule has 0 fully saturated rings. The summed E-state index contributed by atoms with van der Waals surface area (Å²) in [6, 6.07) is 14.1. The number of nitrogens with zero attached hydrogens (tertiary/aromatic N) is 3. The lowest BCUT2D eigenvalue weighted by atomic mass is 10.0. The zero-order valence-corrected chi connectivity index (χ0v) is 17.1. The Hall–Kier alpha value is -4.15. The summed E-state index contributed by atoms with van der Waals surface area (Å²) in [5.74, 6) is -1.11. The molecular weight excluding hydrogens is 460 g/mol. The fourth-order valence-electron chi connectivity index (χ4n) is 3.45. The number of fused-ring (bicyclic) bond motifs is 1. The number of aliphatic imine (C=N–C) groups is 1. The molecule has 0 amide bonds. The molecular formula is C23H15F6N5. The number of rotatable bonds is 3. The monoisotopic (exact) mass is 475 g/mol. The highest BCUT2D eigenvalue weighted by molar-refractivity contribution is 6.06. The number of amidine groups is 1. The standard InChI is InChI=1S/C23H15F6N5/c24-22(25,26)14-8-3-1-6-12(14)20-32-17-11-4-2-7-13(17)21(34-20)33-19(31)18-15(23(27,28)29)9-5-10-16(18)30/h1-11H,30H2,(H2,31,32,33,34). The average Bonchev–Trinajstić information content (AvgIpc) is 2.77. The Balaban J connectivity index is 1.97. The zero-order chi connectivity index (χ0) is 24.7. The smallest absolute Gasteiger partial charge is 0.398 e. The van der Waals surface area contributed by atoms with Crippen LogP contribution in [0.2, 0.25) is 0 Å². The highest BCUT2D eigenvalue weighted by atomic mass is 19.4. The molecule has 5 nitrogen and oxygen atoms in total. The first-order valence-electron chi connectivity index (χ1n) is 9.70. The maximum atomic E-state index is 13.6. The predicted molar refractivity (Wildman–Crippen MR) is 116 cm³/mol. The minimum absolute atomic E-state index is 0.202. The van der Waals surface area contributed by atoms with Crippen molar-refractivity contribution < 1.29 is 26.3 Å². The van der Waals surface area contributed by atoms with E-state index in [1.165, 1.54) is 36.4 Å². The number of aromatic nitrogens is 2. The number of para-hydroxylation sites is 1. The first-order valence-corrected chi connectivity index (χ1v) is 9.70. The van der Waals surface area contributed by atoms with Gasteiger partial charge in [0.1, 0.15) is 5.84 Å². The largest absolute Gasteiger partial charge is 0.417 e. The highest BCUT2D eigenvalue weighted by Crippen LogP contribution is 2.38. The zero-order valence-electron chi connectivity index (χ0n) is 17.1. The number of anilines is 1. The van der Waals surface area contributed by atoms with Crippen LogP contribution >= 0.6 is 0 Å². The second-order valence-corrected chi connectivity index (χ2v) is 7.20. The van der Waals surface area contributed by atoms with E-state index in [0.29, 0.717) is 0 Å². The SMILES string of the molecule is NC(=Nc1nc(-c2ccccc2C(F)(F)F)nc2ccccc12)c1c(N)cccc1C(F)(F)F. The minimum Gasteiger partial charge on any atom is -0.398 e. The Morgan fingerprint density at radius 1 is 0.735 bits per heavy atom. The number of halogens is 6. The summed E-state index contributed by atoms with van der Waals surface area (Å²) in [5.41, 5.74) is 8.72. The number of nitrogens with two attached hydrogens (primary N) is 2. The van der Waals surface area contributed by atoms with Gasteiger partial charge in [-0.15, -0.1) is 0 Å². The average molecular weight is 475 g/mol. The molecule has 4 rings (SSSR count). The van der Waals surface area contributed by atoms with E-state index in [4.69, 9.17) is 11.5 Å². The van der Waals surface area contributed by atoms with Gasteiger partial charge in [-0.05, 0) is 30.3 Å². The van der Waals surface area contributed by atoms with Crippen molar-refractivity contribution in [2.45, 2.75) is 12.4 Å². The fraction of sp³-hybridized carbons (Fsp3) is 0.0870. The Morgan fingerprint density at radius 2 is 1.35 bits per heavy atom. The van der Waals surface area contributed by atoms with Crippen molar-refractivity contribution in [3.8, 4) is 11.4 Å². The second-order valence-electron chi connectivity index (χ2n) is 7.20. The van der Waals surface area contributed by atoms with Crippen molar-refractivity contribution in [2.75, 3.05) is 5.73 Å². The van der Waals surface area contributed by atoms with Gasteiger partial charge in [0.05, 0.1) is 22.2 Å². The molecule has 0 radical (unpaired) electrons. The van der Waals surface area contributed by atoms with Crippen LogP contribution in [0.1, 0.15) is 16.7 Å². The molecule has 11 heteroatoms. The number of hydrogen-bond donors (Lipinski definition) is 2. The molecule has 0 unspecified atom stereocenters. The number of benzene rings is 3. The molecule has 174 valence electrons. The van der Waals surface area contributed by atoms with Crippen LogP contribution in [0.3, 0.4) is 0 Å². The lowest BCUT2D eigenvalue weighted by molar-refractivity contribution is -0.138. The van der Waals surface area contributed by atoms with E-state index in [9.17, 15) is 26.3 Å². The molecule has 0 atom stereocenters. The number of hydrogen-bond acceptors (Lipinski definition) is 4. The van der Waals surface area contributed by atoms with E-state index >= 15 is 0 Å². The summed E-state index contributed by atoms with van der Waals surface area (Å²) in [6.07, 6.45) is -9.45. The van der Waals surface area contributed by atoms with Crippen LogP contribution in [-0.2, 0) is 12.4 Å². The molecule has 3 aromatic carbocycles. The Morgan fingerprint density at radius 3 is 2.06 bits per heavy atom. The summed E-state index contributed by atoms with van der Waals surface area (Å²) in [5, 5.41) is 0.279. The van der Waals surface area contributed by atoms with E-state index in [1.807, 2.05) is 0 Å². The van der Waals surface area contributed by atoms with Crippen LogP contribution in [0.4, 0.5) is 37.8 Å². The molecule has 0 saturated heterocycles. The van der Waals surface area contributed by atoms with E-state index in [1.54, 1.807) is 12.1 Å². The van der Waals surface area contributed by atoms with Gasteiger partial charge in [-0.2, -0.15) is 26.3 Å². The molecule has 0 bridgehead atoms. The topological polar surface area (TPSA) is 90.2 Å². The summed E-state index contributed by atoms with van der Waals surface area (Å²) in [7, 11) is 0. The molecule has 1 heterocycles. The predicted octanol–water partition coefficient (Wildman–Crippen LogP) is 5.95. The van der Waals surface area contributed by atoms with E-state index in [0.717, 1.165) is 18.2 Å². The third kappa shape index (κ3) is 4.36. The van der Waals surface area contributed by atoms with Gasteiger partial charge in [-0.1, -0.05) is 36.4 Å². The van der Waals surface area contributed by atoms with Crippen molar-refractivity contribution in [3.05, 3.63) is 83.4 Å². The molecule has 34 heavy (non-hydrogen) atoms. The Kier molecular flexibility index (Phi) is 5.64. The minimum atomic E-state index is -4.77. The molecule has 4 N–H and O–H groups in total. The molecule has 0 spiro atoms. The second kappa shape index (κ2) is 8.32. The van der Waals surface area contributed by atoms with Gasteiger partial charge in [0, 0.05) is 16.6 Å². The van der Waals surface area contributed by atoms with Crippen LogP contribution in [0.25, 0.3) is 22.3 Å². The maximum absolute atomic E-state index is 13.6. The normalized spacial score (nSPS) is 12.8. The highest BCUT2D eigenvalue weighted by Gasteiger charge is 2.36. The fourth-order valence-corrected chi connectivity index (χ4v) is 3.45. The molecule has 0 saturated carbocycles. The van der Waals surface area contributed by atoms with Crippen LogP contribution in [-0.4, -0.2) is 15.8 Å². The summed E-state index contributed by atoms with van der Waals surface area (Å²) in [6.45, 7) is 0. The lowest BCUT2D eigenvalue weighted by Gasteiger charge is -2.15. The van der Waals surface area contributed by atoms with Gasteiger partial charge >= 0.3 is 12.4 Å². The van der Waals surface area contributed by atoms with Gasteiger partial charge in [0.15, 0.2) is 11.6 Å². The Labute approximate surface area is 188 Å². The Bertz CT molecular complexity index is 1410. The summed E-state index contributed by atoms with van der Waals surface area (Å²) >= 11 is 0. The molecule has 4 aromatic rings. The lowest BCUT2D eigenvalue weighted by Crippen LogP contribution is -2.21. The van der Waals surface area contributed by atoms with Gasteiger partial charge in [-0.3, -0.25) is 0 Å². The quantitative estimate of drug-likeness (QED) is 0.166. The van der Waals surface area contributed by atoms with Crippen molar-refractivity contribution >= 4 is 28.2 Å². The van der Waals surface area contributed by atoms with Crippen LogP contribution < -0.4 is 11.5 Å². The van der Waals surface area contributed by atoms with E-state index in [2.05, 4.69) is 15.0 Å². The van der Waals surface area contributed by atoms with Crippen molar-refractivity contribution in [1.29, 1.82) is 0 Å². The third-order valence-corrected chi connectivity index (χ3v) is 4.94. The van der Waals surface area contributed by atoms with Gasteiger partial charge in [0.25, 0.3) is 0 Å². The molecule has 1 aromatic heterocycles. The third-order valence-electron chi connectivity index (χ3n) is 4.94. The maximum Gasteiger partial charge on any atom is 0.417 e. The van der Waals surface area contributed by atoms with Crippen LogP contribution in [0.5, 0.6) is 0 Å². The summed E-state index contributed by atoms with van der Waals surface area (Å²) in [4.78, 5) is 12.4. The number of nitrogen functional groups attached to an aromatic ring is 1. The van der Waals surface area contributed by atoms with E-state index < -0.39 is 34.9 Å². The van der Waals surface area contributed by atoms with Crippen molar-refractivity contribution in [2.24, 2.45) is 10.7 Å². The van der Waals surface area contributed by atoms with Crippen LogP contribution in [0, 0.1) is 0 Å². The first kappa shape index (κ1) is 23.0. The van der Waals surface area contributed by atoms with Gasteiger partial charge in [0.2, 0.25) is 0 Å². The van der Waals surface area contributed by atoms with Crippen molar-refractivity contribution in [1.82, 2.24) is 9.97 Å². The van der Waals surface area contributed by atoms with E-state index in [-0.39, 0.29) is 33.8 Å². The molecule has 0 aliphatic rings. The van der Waals surface area contributed by atoms with Gasteiger partial charge < -0.3 is 11.5 Å². The van der Waals surface area contributed by atoms with Gasteiger partial charge in [-0.25, -0.2) is 15.0 Å². The number of alkyl halides is 6. The first-order chi connectivity index (χ1) is 16.0. The molecule has 0 aliphatic carbocycles. The van der Waals surface area contributed by atoms with Crippen LogP contribution in [0.15, 0.2) is 71.7 Å². The summed E-state index contributed by atoms with van der Waals surface area (Å²) < 4.78 is 81.2.